The zero-order chi connectivity index (χ0) is 10.4. The molecule has 1 heterocycles. The van der Waals surface area contributed by atoms with Gasteiger partial charge >= 0.3 is 0 Å². The fraction of sp³-hybridized carbons (Fsp3) is 0.833. The number of ether oxygens (including phenoxy) is 1. The van der Waals surface area contributed by atoms with E-state index in [9.17, 15) is 0 Å². The first-order valence-corrected chi connectivity index (χ1v) is 5.66. The van der Waals surface area contributed by atoms with Crippen LogP contribution in [-0.2, 0) is 4.74 Å². The predicted molar refractivity (Wildman–Crippen MR) is 60.5 cm³/mol. The monoisotopic (exact) mass is 197 g/mol. The van der Waals surface area contributed by atoms with Crippen molar-refractivity contribution in [1.82, 2.24) is 5.32 Å². The summed E-state index contributed by atoms with van der Waals surface area (Å²) in [6.45, 7) is 5.27. The second-order valence-electron chi connectivity index (χ2n) is 4.35. The van der Waals surface area contributed by atoms with Gasteiger partial charge < -0.3 is 10.1 Å². The SMILES string of the molecule is CNC(C=C(C)C)CCC1CCCO1. The van der Waals surface area contributed by atoms with E-state index in [-0.39, 0.29) is 0 Å². The minimum absolute atomic E-state index is 0.518. The van der Waals surface area contributed by atoms with Crippen molar-refractivity contribution in [2.75, 3.05) is 13.7 Å². The van der Waals surface area contributed by atoms with E-state index in [1.54, 1.807) is 0 Å². The molecule has 1 fully saturated rings. The number of rotatable bonds is 5. The molecule has 1 rings (SSSR count). The molecule has 0 aliphatic carbocycles. The molecule has 0 bridgehead atoms. The van der Waals surface area contributed by atoms with E-state index in [0.717, 1.165) is 6.61 Å². The van der Waals surface area contributed by atoms with Crippen molar-refractivity contribution in [3.05, 3.63) is 11.6 Å². The van der Waals surface area contributed by atoms with Gasteiger partial charge in [-0.1, -0.05) is 11.6 Å². The van der Waals surface area contributed by atoms with Crippen LogP contribution in [0.1, 0.15) is 39.5 Å². The van der Waals surface area contributed by atoms with Crippen molar-refractivity contribution in [3.8, 4) is 0 Å². The van der Waals surface area contributed by atoms with Crippen LogP contribution in [0.15, 0.2) is 11.6 Å². The predicted octanol–water partition coefficient (Wildman–Crippen LogP) is 2.50. The van der Waals surface area contributed by atoms with Crippen LogP contribution in [0, 0.1) is 0 Å². The summed E-state index contributed by atoms with van der Waals surface area (Å²) >= 11 is 0. The number of allylic oxidation sites excluding steroid dienone is 1. The third kappa shape index (κ3) is 4.25. The van der Waals surface area contributed by atoms with Gasteiger partial charge in [0.25, 0.3) is 0 Å². The van der Waals surface area contributed by atoms with Crippen LogP contribution in [0.4, 0.5) is 0 Å². The van der Waals surface area contributed by atoms with Gasteiger partial charge in [-0.2, -0.15) is 0 Å². The summed E-state index contributed by atoms with van der Waals surface area (Å²) in [5.41, 5.74) is 1.39. The summed E-state index contributed by atoms with van der Waals surface area (Å²) < 4.78 is 5.60. The van der Waals surface area contributed by atoms with Crippen molar-refractivity contribution in [1.29, 1.82) is 0 Å². The zero-order valence-electron chi connectivity index (χ0n) is 9.68. The van der Waals surface area contributed by atoms with Gasteiger partial charge in [0.05, 0.1) is 6.10 Å². The fourth-order valence-electron chi connectivity index (χ4n) is 1.95. The molecule has 0 aromatic heterocycles. The largest absolute Gasteiger partial charge is 0.378 e. The lowest BCUT2D eigenvalue weighted by atomic mass is 10.0. The molecule has 2 atom stereocenters. The molecule has 0 aromatic rings. The second kappa shape index (κ2) is 6.20. The van der Waals surface area contributed by atoms with Crippen molar-refractivity contribution < 1.29 is 4.74 Å². The minimum Gasteiger partial charge on any atom is -0.378 e. The van der Waals surface area contributed by atoms with Gasteiger partial charge in [-0.3, -0.25) is 0 Å². The molecule has 2 nitrogen and oxygen atoms in total. The van der Waals surface area contributed by atoms with Crippen molar-refractivity contribution >= 4 is 0 Å². The quantitative estimate of drug-likeness (QED) is 0.684. The van der Waals surface area contributed by atoms with Crippen LogP contribution in [0.5, 0.6) is 0 Å². The van der Waals surface area contributed by atoms with E-state index in [4.69, 9.17) is 4.74 Å². The maximum Gasteiger partial charge on any atom is 0.0576 e. The Morgan fingerprint density at radius 2 is 2.36 bits per heavy atom. The van der Waals surface area contributed by atoms with Gasteiger partial charge in [-0.05, 0) is 46.6 Å². The molecule has 1 aliphatic heterocycles. The molecule has 2 heteroatoms. The fourth-order valence-corrected chi connectivity index (χ4v) is 1.95. The second-order valence-corrected chi connectivity index (χ2v) is 4.35. The summed E-state index contributed by atoms with van der Waals surface area (Å²) in [5, 5.41) is 3.33. The average Bonchev–Trinajstić information content (AvgIpc) is 2.64. The van der Waals surface area contributed by atoms with E-state index >= 15 is 0 Å². The first-order valence-electron chi connectivity index (χ1n) is 5.66. The first kappa shape index (κ1) is 11.7. The summed E-state index contributed by atoms with van der Waals surface area (Å²) in [6.07, 6.45) is 7.70. The van der Waals surface area contributed by atoms with Crippen LogP contribution in [0.2, 0.25) is 0 Å². The van der Waals surface area contributed by atoms with Crippen LogP contribution >= 0.6 is 0 Å². The van der Waals surface area contributed by atoms with Crippen molar-refractivity contribution in [3.63, 3.8) is 0 Å². The van der Waals surface area contributed by atoms with Crippen LogP contribution in [-0.4, -0.2) is 25.8 Å². The number of hydrogen-bond acceptors (Lipinski definition) is 2. The van der Waals surface area contributed by atoms with Gasteiger partial charge in [0.2, 0.25) is 0 Å². The molecule has 1 aliphatic rings. The third-order valence-electron chi connectivity index (χ3n) is 2.73. The Kier molecular flexibility index (Phi) is 5.20. The molecular weight excluding hydrogens is 174 g/mol. The summed E-state index contributed by atoms with van der Waals surface area (Å²) in [4.78, 5) is 0. The van der Waals surface area contributed by atoms with Gasteiger partial charge in [0.15, 0.2) is 0 Å². The Morgan fingerprint density at radius 1 is 1.57 bits per heavy atom. The van der Waals surface area contributed by atoms with Crippen LogP contribution in [0.3, 0.4) is 0 Å². The van der Waals surface area contributed by atoms with Crippen LogP contribution < -0.4 is 5.32 Å². The Balaban J connectivity index is 2.22. The van der Waals surface area contributed by atoms with E-state index in [1.807, 2.05) is 7.05 Å². The van der Waals surface area contributed by atoms with E-state index in [0.29, 0.717) is 12.1 Å². The maximum absolute atomic E-state index is 5.60. The number of hydrogen-bond donors (Lipinski definition) is 1. The molecule has 1 saturated heterocycles. The Labute approximate surface area is 87.7 Å². The first-order chi connectivity index (χ1) is 6.72. The number of nitrogens with one attached hydrogen (secondary N) is 1. The molecule has 0 aromatic carbocycles. The van der Waals surface area contributed by atoms with Gasteiger partial charge in [-0.15, -0.1) is 0 Å². The molecule has 0 spiro atoms. The molecule has 2 unspecified atom stereocenters. The Hall–Kier alpha value is -0.340. The minimum atomic E-state index is 0.518. The number of likely N-dealkylation sites (N-methyl/N-ethyl adjacent to an activating group) is 1. The van der Waals surface area contributed by atoms with Gasteiger partial charge in [-0.25, -0.2) is 0 Å². The molecule has 0 amide bonds. The maximum atomic E-state index is 5.60. The smallest absolute Gasteiger partial charge is 0.0576 e. The average molecular weight is 197 g/mol. The van der Waals surface area contributed by atoms with Gasteiger partial charge in [0.1, 0.15) is 0 Å². The molecule has 82 valence electrons. The molecule has 1 N–H and O–H groups in total. The summed E-state index contributed by atoms with van der Waals surface area (Å²) in [6, 6.07) is 0.518. The van der Waals surface area contributed by atoms with Crippen LogP contribution in [0.25, 0.3) is 0 Å². The lowest BCUT2D eigenvalue weighted by Gasteiger charge is -2.15. The summed E-state index contributed by atoms with van der Waals surface area (Å²) in [7, 11) is 2.03. The Bertz CT molecular complexity index is 179. The third-order valence-corrected chi connectivity index (χ3v) is 2.73. The highest BCUT2D eigenvalue weighted by Crippen LogP contribution is 2.18. The van der Waals surface area contributed by atoms with Crippen molar-refractivity contribution in [2.45, 2.75) is 51.7 Å². The zero-order valence-corrected chi connectivity index (χ0v) is 9.68. The highest BCUT2D eigenvalue weighted by molar-refractivity contribution is 5.00. The van der Waals surface area contributed by atoms with Gasteiger partial charge in [0, 0.05) is 12.6 Å². The lowest BCUT2D eigenvalue weighted by Crippen LogP contribution is -2.24. The normalized spacial score (nSPS) is 23.5. The molecule has 0 radical (unpaired) electrons. The Morgan fingerprint density at radius 3 is 2.86 bits per heavy atom. The molecular formula is C12H23NO. The standard InChI is InChI=1S/C12H23NO/c1-10(2)9-11(13-3)6-7-12-5-4-8-14-12/h9,11-13H,4-8H2,1-3H3. The molecule has 14 heavy (non-hydrogen) atoms. The highest BCUT2D eigenvalue weighted by Gasteiger charge is 2.16. The van der Waals surface area contributed by atoms with E-state index < -0.39 is 0 Å². The molecule has 0 saturated carbocycles. The summed E-state index contributed by atoms with van der Waals surface area (Å²) in [5.74, 6) is 0. The topological polar surface area (TPSA) is 21.3 Å². The van der Waals surface area contributed by atoms with E-state index in [1.165, 1.54) is 31.3 Å². The lowest BCUT2D eigenvalue weighted by molar-refractivity contribution is 0.101. The van der Waals surface area contributed by atoms with Crippen molar-refractivity contribution in [2.24, 2.45) is 0 Å². The van der Waals surface area contributed by atoms with E-state index in [2.05, 4.69) is 25.2 Å². The highest BCUT2D eigenvalue weighted by atomic mass is 16.5.